The Bertz CT molecular complexity index is 451. The van der Waals surface area contributed by atoms with Gasteiger partial charge in [-0.15, -0.1) is 23.1 Å². The van der Waals surface area contributed by atoms with Gasteiger partial charge in [0.1, 0.15) is 5.25 Å². The van der Waals surface area contributed by atoms with Crippen LogP contribution in [0.1, 0.15) is 36.5 Å². The fraction of sp³-hybridized carbons (Fsp3) is 0.643. The number of hydrogen-bond acceptors (Lipinski definition) is 4. The van der Waals surface area contributed by atoms with Crippen LogP contribution in [0.25, 0.3) is 0 Å². The number of thiophene rings is 1. The highest BCUT2D eigenvalue weighted by Gasteiger charge is 2.32. The highest BCUT2D eigenvalue weighted by Crippen LogP contribution is 2.40. The number of likely N-dealkylation sites (N-methyl/N-ethyl adjacent to an activating group) is 1. The van der Waals surface area contributed by atoms with Crippen LogP contribution in [0.15, 0.2) is 11.4 Å². The number of aliphatic hydroxyl groups is 1. The highest BCUT2D eigenvalue weighted by molar-refractivity contribution is 8.00. The average Bonchev–Trinajstić information content (AvgIpc) is 2.81. The zero-order chi connectivity index (χ0) is 14.0. The summed E-state index contributed by atoms with van der Waals surface area (Å²) in [6.07, 6.45) is 1.07. The lowest BCUT2D eigenvalue weighted by Crippen LogP contribution is -2.44. The Morgan fingerprint density at radius 1 is 1.58 bits per heavy atom. The summed E-state index contributed by atoms with van der Waals surface area (Å²) in [5.41, 5.74) is 0.336. The van der Waals surface area contributed by atoms with Crippen LogP contribution in [0.5, 0.6) is 0 Å². The van der Waals surface area contributed by atoms with Crippen LogP contribution in [-0.4, -0.2) is 40.4 Å². The van der Waals surface area contributed by atoms with E-state index in [0.29, 0.717) is 13.1 Å². The highest BCUT2D eigenvalue weighted by atomic mass is 32.2. The fourth-order valence-corrected chi connectivity index (χ4v) is 4.70. The van der Waals surface area contributed by atoms with Gasteiger partial charge in [-0.05, 0) is 50.0 Å². The minimum Gasteiger partial charge on any atom is -0.389 e. The van der Waals surface area contributed by atoms with Gasteiger partial charge in [0.15, 0.2) is 0 Å². The van der Waals surface area contributed by atoms with Crippen LogP contribution in [0.4, 0.5) is 0 Å². The third kappa shape index (κ3) is 3.52. The van der Waals surface area contributed by atoms with Crippen molar-refractivity contribution in [2.45, 2.75) is 38.0 Å². The van der Waals surface area contributed by atoms with Gasteiger partial charge in [0, 0.05) is 18.0 Å². The Morgan fingerprint density at radius 3 is 2.95 bits per heavy atom. The van der Waals surface area contributed by atoms with Crippen LogP contribution in [0, 0.1) is 0 Å². The van der Waals surface area contributed by atoms with Crippen LogP contribution in [0.2, 0.25) is 0 Å². The first-order valence-corrected chi connectivity index (χ1v) is 8.54. The molecular weight excluding hydrogens is 278 g/mol. The van der Waals surface area contributed by atoms with E-state index < -0.39 is 5.60 Å². The summed E-state index contributed by atoms with van der Waals surface area (Å²) in [5.74, 6) is 1.14. The molecule has 1 aromatic rings. The predicted octanol–water partition coefficient (Wildman–Crippen LogP) is 2.70. The summed E-state index contributed by atoms with van der Waals surface area (Å²) in [5, 5.41) is 11.9. The van der Waals surface area contributed by atoms with E-state index in [-0.39, 0.29) is 11.2 Å². The number of fused-ring (bicyclic) bond motifs is 1. The van der Waals surface area contributed by atoms with Gasteiger partial charge in [0.2, 0.25) is 5.91 Å². The van der Waals surface area contributed by atoms with Crippen molar-refractivity contribution in [2.24, 2.45) is 0 Å². The first kappa shape index (κ1) is 14.9. The molecule has 0 saturated heterocycles. The second kappa shape index (κ2) is 5.85. The van der Waals surface area contributed by atoms with Crippen molar-refractivity contribution in [3.05, 3.63) is 21.9 Å². The zero-order valence-corrected chi connectivity index (χ0v) is 13.3. The number of hydrogen-bond donors (Lipinski definition) is 1. The molecule has 1 amide bonds. The van der Waals surface area contributed by atoms with Crippen LogP contribution < -0.4 is 0 Å². The van der Waals surface area contributed by atoms with E-state index in [9.17, 15) is 9.90 Å². The Balaban J connectivity index is 2.16. The molecule has 19 heavy (non-hydrogen) atoms. The molecule has 0 spiro atoms. The van der Waals surface area contributed by atoms with E-state index in [2.05, 4.69) is 11.4 Å². The molecule has 0 bridgehead atoms. The molecule has 3 nitrogen and oxygen atoms in total. The zero-order valence-electron chi connectivity index (χ0n) is 11.7. The van der Waals surface area contributed by atoms with Crippen LogP contribution in [0.3, 0.4) is 0 Å². The molecule has 106 valence electrons. The lowest BCUT2D eigenvalue weighted by atomic mass is 10.1. The quantitative estimate of drug-likeness (QED) is 0.929. The van der Waals surface area contributed by atoms with E-state index in [4.69, 9.17) is 0 Å². The summed E-state index contributed by atoms with van der Waals surface area (Å²) >= 11 is 3.47. The molecule has 5 heteroatoms. The summed E-state index contributed by atoms with van der Waals surface area (Å²) in [6.45, 7) is 6.48. The van der Waals surface area contributed by atoms with Gasteiger partial charge in [-0.1, -0.05) is 0 Å². The van der Waals surface area contributed by atoms with Crippen LogP contribution in [-0.2, 0) is 11.2 Å². The van der Waals surface area contributed by atoms with Gasteiger partial charge < -0.3 is 10.0 Å². The first-order valence-electron chi connectivity index (χ1n) is 6.61. The van der Waals surface area contributed by atoms with E-state index in [1.807, 2.05) is 6.92 Å². The molecule has 2 heterocycles. The Kier molecular flexibility index (Phi) is 4.58. The molecule has 0 saturated carbocycles. The molecule has 1 aliphatic heterocycles. The Morgan fingerprint density at radius 2 is 2.32 bits per heavy atom. The van der Waals surface area contributed by atoms with Crippen molar-refractivity contribution in [1.82, 2.24) is 4.90 Å². The molecule has 1 N–H and O–H groups in total. The Labute approximate surface area is 123 Å². The van der Waals surface area contributed by atoms with Gasteiger partial charge in [0.05, 0.1) is 5.60 Å². The van der Waals surface area contributed by atoms with Gasteiger partial charge in [-0.3, -0.25) is 4.79 Å². The number of carbonyl (C=O) groups is 1. The molecule has 0 radical (unpaired) electrons. The predicted molar refractivity (Wildman–Crippen MR) is 81.8 cm³/mol. The second-order valence-electron chi connectivity index (χ2n) is 5.46. The molecule has 1 atom stereocenters. The van der Waals surface area contributed by atoms with Gasteiger partial charge >= 0.3 is 0 Å². The van der Waals surface area contributed by atoms with Crippen molar-refractivity contribution in [3.8, 4) is 0 Å². The van der Waals surface area contributed by atoms with E-state index in [1.165, 1.54) is 10.4 Å². The number of nitrogens with zero attached hydrogens (tertiary/aromatic N) is 1. The molecular formula is C14H21NO2S2. The molecule has 0 fully saturated rings. The largest absolute Gasteiger partial charge is 0.389 e. The smallest absolute Gasteiger partial charge is 0.240 e. The maximum absolute atomic E-state index is 12.7. The number of carbonyl (C=O) groups excluding carboxylic acids is 1. The second-order valence-corrected chi connectivity index (χ2v) is 7.68. The average molecular weight is 299 g/mol. The minimum atomic E-state index is -0.845. The van der Waals surface area contributed by atoms with Crippen molar-refractivity contribution >= 4 is 29.0 Å². The fourth-order valence-electron chi connectivity index (χ4n) is 2.33. The molecule has 0 aromatic carbocycles. The van der Waals surface area contributed by atoms with Gasteiger partial charge in [-0.2, -0.15) is 0 Å². The van der Waals surface area contributed by atoms with Gasteiger partial charge in [-0.25, -0.2) is 0 Å². The number of rotatable bonds is 4. The molecule has 1 aliphatic rings. The Hall–Kier alpha value is -0.520. The minimum absolute atomic E-state index is 0.0858. The lowest BCUT2D eigenvalue weighted by Gasteiger charge is -2.32. The van der Waals surface area contributed by atoms with E-state index in [0.717, 1.165) is 12.2 Å². The van der Waals surface area contributed by atoms with E-state index >= 15 is 0 Å². The maximum Gasteiger partial charge on any atom is 0.240 e. The van der Waals surface area contributed by atoms with Crippen molar-refractivity contribution in [2.75, 3.05) is 18.8 Å². The van der Waals surface area contributed by atoms with Crippen molar-refractivity contribution in [1.29, 1.82) is 0 Å². The molecule has 1 unspecified atom stereocenters. The number of aryl methyl sites for hydroxylation is 1. The number of thioether (sulfide) groups is 1. The van der Waals surface area contributed by atoms with Crippen molar-refractivity contribution < 1.29 is 9.90 Å². The SMILES string of the molecule is CCN(CC(C)(C)O)C(=O)C1SCCc2sccc21. The molecule has 2 rings (SSSR count). The third-order valence-corrected chi connectivity index (χ3v) is 5.40. The topological polar surface area (TPSA) is 40.5 Å². The summed E-state index contributed by atoms with van der Waals surface area (Å²) < 4.78 is 0. The monoisotopic (exact) mass is 299 g/mol. The van der Waals surface area contributed by atoms with Crippen LogP contribution >= 0.6 is 23.1 Å². The van der Waals surface area contributed by atoms with Gasteiger partial charge in [0.25, 0.3) is 0 Å². The number of amides is 1. The summed E-state index contributed by atoms with van der Waals surface area (Å²) in [4.78, 5) is 15.8. The summed E-state index contributed by atoms with van der Waals surface area (Å²) in [7, 11) is 0. The standard InChI is InChI=1S/C14H21NO2S2/c1-4-15(9-14(2,3)17)13(16)12-10-5-7-18-11(10)6-8-19-12/h5,7,12,17H,4,6,8-9H2,1-3H3. The maximum atomic E-state index is 12.7. The first-order chi connectivity index (χ1) is 8.92. The lowest BCUT2D eigenvalue weighted by molar-refractivity contribution is -0.133. The summed E-state index contributed by atoms with van der Waals surface area (Å²) in [6, 6.07) is 2.08. The normalized spacial score (nSPS) is 19.1. The van der Waals surface area contributed by atoms with E-state index in [1.54, 1.807) is 41.8 Å². The molecule has 1 aromatic heterocycles. The third-order valence-electron chi connectivity index (χ3n) is 3.17. The molecule has 0 aliphatic carbocycles. The van der Waals surface area contributed by atoms with Crippen molar-refractivity contribution in [3.63, 3.8) is 0 Å².